The van der Waals surface area contributed by atoms with Crippen molar-refractivity contribution >= 4 is 22.7 Å². The summed E-state index contributed by atoms with van der Waals surface area (Å²) in [7, 11) is 1.83. The third-order valence-corrected chi connectivity index (χ3v) is 6.25. The number of amides is 2. The first-order valence-electron chi connectivity index (χ1n) is 10.7. The average molecular weight is 415 g/mol. The Balaban J connectivity index is 1.49. The van der Waals surface area contributed by atoms with E-state index < -0.39 is 0 Å². The Bertz CT molecular complexity index is 1160. The number of nitrogens with zero attached hydrogens (tertiary/aromatic N) is 2. The Morgan fingerprint density at radius 2 is 1.94 bits per heavy atom. The van der Waals surface area contributed by atoms with Crippen LogP contribution < -0.4 is 5.32 Å². The van der Waals surface area contributed by atoms with Gasteiger partial charge in [0.1, 0.15) is 6.07 Å². The van der Waals surface area contributed by atoms with Gasteiger partial charge in [-0.1, -0.05) is 25.1 Å². The Morgan fingerprint density at radius 1 is 1.16 bits per heavy atom. The van der Waals surface area contributed by atoms with Crippen molar-refractivity contribution in [3.63, 3.8) is 0 Å². The molecule has 2 aromatic carbocycles. The van der Waals surface area contributed by atoms with E-state index in [1.807, 2.05) is 62.6 Å². The fourth-order valence-electron chi connectivity index (χ4n) is 4.43. The number of rotatable bonds is 5. The van der Waals surface area contributed by atoms with Crippen molar-refractivity contribution in [2.75, 3.05) is 7.05 Å². The zero-order valence-electron chi connectivity index (χ0n) is 17.8. The molecule has 0 saturated heterocycles. The number of aromatic nitrogens is 1. The Hall–Kier alpha value is -3.59. The summed E-state index contributed by atoms with van der Waals surface area (Å²) in [4.78, 5) is 29.6. The second kappa shape index (κ2) is 8.65. The van der Waals surface area contributed by atoms with Crippen molar-refractivity contribution in [3.05, 3.63) is 59.8 Å². The Kier molecular flexibility index (Phi) is 5.77. The number of hydrogen-bond donors (Lipinski definition) is 2. The standard InChI is InChI=1S/C25H26N4O2/c1-3-24(30)28-18-8-9-19(14-18)29(2)25(31)17-6-4-16(5-7-17)20-10-11-23-21(12-13-27-23)22(20)15-26/h4-7,10-13,18-19,27H,3,8-9,14H2,1-2H3,(H,28,30)/t18-,19+/m0/s1. The van der Waals surface area contributed by atoms with Crippen LogP contribution >= 0.6 is 0 Å². The summed E-state index contributed by atoms with van der Waals surface area (Å²) in [6, 6.07) is 15.8. The van der Waals surface area contributed by atoms with Crippen LogP contribution in [0.3, 0.4) is 0 Å². The van der Waals surface area contributed by atoms with Gasteiger partial charge in [0.25, 0.3) is 5.91 Å². The van der Waals surface area contributed by atoms with Gasteiger partial charge in [0.2, 0.25) is 5.91 Å². The first kappa shape index (κ1) is 20.7. The second-order valence-corrected chi connectivity index (χ2v) is 8.12. The summed E-state index contributed by atoms with van der Waals surface area (Å²) >= 11 is 0. The fraction of sp³-hybridized carbons (Fsp3) is 0.320. The number of nitrogens with one attached hydrogen (secondary N) is 2. The predicted octanol–water partition coefficient (Wildman–Crippen LogP) is 4.23. The average Bonchev–Trinajstić information content (AvgIpc) is 3.47. The number of H-pyrrole nitrogens is 1. The quantitative estimate of drug-likeness (QED) is 0.655. The molecule has 0 radical (unpaired) electrons. The topological polar surface area (TPSA) is 89.0 Å². The number of nitriles is 1. The second-order valence-electron chi connectivity index (χ2n) is 8.12. The molecule has 1 heterocycles. The van der Waals surface area contributed by atoms with Gasteiger partial charge in [-0.25, -0.2) is 0 Å². The van der Waals surface area contributed by atoms with Crippen molar-refractivity contribution in [1.29, 1.82) is 5.26 Å². The molecule has 0 spiro atoms. The van der Waals surface area contributed by atoms with Gasteiger partial charge in [-0.2, -0.15) is 5.26 Å². The fourth-order valence-corrected chi connectivity index (χ4v) is 4.43. The van der Waals surface area contributed by atoms with Gasteiger partial charge < -0.3 is 15.2 Å². The lowest BCUT2D eigenvalue weighted by Crippen LogP contribution is -2.38. The van der Waals surface area contributed by atoms with Crippen LogP contribution in [0.25, 0.3) is 22.0 Å². The SMILES string of the molecule is CCC(=O)N[C@H]1CC[C@@H](N(C)C(=O)c2ccc(-c3ccc4[nH]ccc4c3C#N)cc2)C1. The normalized spacial score (nSPS) is 18.0. The van der Waals surface area contributed by atoms with Gasteiger partial charge in [0.05, 0.1) is 5.56 Å². The molecule has 1 aliphatic rings. The molecule has 6 heteroatoms. The molecule has 4 rings (SSSR count). The molecule has 1 aliphatic carbocycles. The van der Waals surface area contributed by atoms with E-state index in [0.717, 1.165) is 41.3 Å². The van der Waals surface area contributed by atoms with Gasteiger partial charge in [-0.05, 0) is 49.1 Å². The highest BCUT2D eigenvalue weighted by molar-refractivity contribution is 5.96. The van der Waals surface area contributed by atoms with Crippen molar-refractivity contribution in [2.24, 2.45) is 0 Å². The minimum atomic E-state index is -0.0272. The van der Waals surface area contributed by atoms with Gasteiger partial charge in [0, 0.05) is 53.8 Å². The number of carbonyl (C=O) groups is 2. The van der Waals surface area contributed by atoms with Crippen LogP contribution in [0.15, 0.2) is 48.7 Å². The lowest BCUT2D eigenvalue weighted by atomic mass is 9.96. The van der Waals surface area contributed by atoms with Crippen LogP contribution in [-0.2, 0) is 4.79 Å². The van der Waals surface area contributed by atoms with Crippen LogP contribution in [-0.4, -0.2) is 40.8 Å². The zero-order chi connectivity index (χ0) is 22.0. The van der Waals surface area contributed by atoms with Gasteiger partial charge in [0.15, 0.2) is 0 Å². The number of aromatic amines is 1. The van der Waals surface area contributed by atoms with Crippen molar-refractivity contribution in [3.8, 4) is 17.2 Å². The molecular weight excluding hydrogens is 388 g/mol. The summed E-state index contributed by atoms with van der Waals surface area (Å²) in [5.41, 5.74) is 3.93. The van der Waals surface area contributed by atoms with Crippen LogP contribution in [0, 0.1) is 11.3 Å². The van der Waals surface area contributed by atoms with E-state index in [1.165, 1.54) is 0 Å². The summed E-state index contributed by atoms with van der Waals surface area (Å²) in [5.74, 6) is 0.0328. The van der Waals surface area contributed by atoms with E-state index in [1.54, 1.807) is 4.90 Å². The third kappa shape index (κ3) is 4.04. The monoisotopic (exact) mass is 414 g/mol. The first-order valence-corrected chi connectivity index (χ1v) is 10.7. The molecule has 1 saturated carbocycles. The van der Waals surface area contributed by atoms with E-state index in [0.29, 0.717) is 17.5 Å². The Morgan fingerprint density at radius 3 is 2.65 bits per heavy atom. The van der Waals surface area contributed by atoms with E-state index in [2.05, 4.69) is 16.4 Å². The largest absolute Gasteiger partial charge is 0.361 e. The van der Waals surface area contributed by atoms with Crippen LogP contribution in [0.5, 0.6) is 0 Å². The van der Waals surface area contributed by atoms with Crippen molar-refractivity contribution < 1.29 is 9.59 Å². The molecule has 2 N–H and O–H groups in total. The molecule has 0 unspecified atom stereocenters. The molecule has 2 amide bonds. The number of fused-ring (bicyclic) bond motifs is 1. The summed E-state index contributed by atoms with van der Waals surface area (Å²) in [5, 5.41) is 13.6. The summed E-state index contributed by atoms with van der Waals surface area (Å²) in [6.07, 6.45) is 4.87. The lowest BCUT2D eigenvalue weighted by molar-refractivity contribution is -0.121. The molecular formula is C25H26N4O2. The maximum atomic E-state index is 13.0. The molecule has 3 aromatic rings. The van der Waals surface area contributed by atoms with E-state index in [9.17, 15) is 14.9 Å². The lowest BCUT2D eigenvalue weighted by Gasteiger charge is -2.25. The number of hydrogen-bond acceptors (Lipinski definition) is 3. The predicted molar refractivity (Wildman–Crippen MR) is 120 cm³/mol. The highest BCUT2D eigenvalue weighted by atomic mass is 16.2. The maximum Gasteiger partial charge on any atom is 0.253 e. The molecule has 0 aliphatic heterocycles. The highest BCUT2D eigenvalue weighted by Gasteiger charge is 2.30. The van der Waals surface area contributed by atoms with Crippen molar-refractivity contribution in [2.45, 2.75) is 44.7 Å². The number of benzene rings is 2. The summed E-state index contributed by atoms with van der Waals surface area (Å²) < 4.78 is 0. The van der Waals surface area contributed by atoms with E-state index in [4.69, 9.17) is 0 Å². The molecule has 158 valence electrons. The molecule has 31 heavy (non-hydrogen) atoms. The Labute approximate surface area is 181 Å². The van der Waals surface area contributed by atoms with Crippen LogP contribution in [0.1, 0.15) is 48.5 Å². The van der Waals surface area contributed by atoms with Crippen LogP contribution in [0.2, 0.25) is 0 Å². The van der Waals surface area contributed by atoms with E-state index in [-0.39, 0.29) is 23.9 Å². The third-order valence-electron chi connectivity index (χ3n) is 6.25. The number of carbonyl (C=O) groups excluding carboxylic acids is 2. The highest BCUT2D eigenvalue weighted by Crippen LogP contribution is 2.30. The van der Waals surface area contributed by atoms with Gasteiger partial charge in [-0.3, -0.25) is 9.59 Å². The minimum absolute atomic E-state index is 0.0272. The molecule has 6 nitrogen and oxygen atoms in total. The van der Waals surface area contributed by atoms with E-state index >= 15 is 0 Å². The molecule has 1 fully saturated rings. The minimum Gasteiger partial charge on any atom is -0.361 e. The zero-order valence-corrected chi connectivity index (χ0v) is 17.8. The molecule has 1 aromatic heterocycles. The molecule has 0 bridgehead atoms. The van der Waals surface area contributed by atoms with Crippen molar-refractivity contribution in [1.82, 2.24) is 15.2 Å². The summed E-state index contributed by atoms with van der Waals surface area (Å²) in [6.45, 7) is 1.84. The molecule has 2 atom stereocenters. The first-order chi connectivity index (χ1) is 15.0. The van der Waals surface area contributed by atoms with Gasteiger partial charge >= 0.3 is 0 Å². The smallest absolute Gasteiger partial charge is 0.253 e. The van der Waals surface area contributed by atoms with Crippen LogP contribution in [0.4, 0.5) is 0 Å². The van der Waals surface area contributed by atoms with Gasteiger partial charge in [-0.15, -0.1) is 0 Å². The maximum absolute atomic E-state index is 13.0.